The quantitative estimate of drug-likeness (QED) is 0.324. The maximum absolute atomic E-state index is 12.3. The zero-order chi connectivity index (χ0) is 14.8. The SMILES string of the molecule is COC(=O)CCC/C=C\CC1C=CC2(OC2(C)C)C1=O. The molecule has 2 rings (SSSR count). The fraction of sp³-hybridized carbons (Fsp3) is 0.625. The summed E-state index contributed by atoms with van der Waals surface area (Å²) < 4.78 is 10.1. The fourth-order valence-electron chi connectivity index (χ4n) is 2.67. The van der Waals surface area contributed by atoms with E-state index in [1.807, 2.05) is 38.2 Å². The summed E-state index contributed by atoms with van der Waals surface area (Å²) in [7, 11) is 1.40. The van der Waals surface area contributed by atoms with Gasteiger partial charge in [0.1, 0.15) is 5.60 Å². The molecule has 0 aromatic heterocycles. The number of esters is 1. The highest BCUT2D eigenvalue weighted by Gasteiger charge is 2.69. The van der Waals surface area contributed by atoms with Gasteiger partial charge in [-0.1, -0.05) is 18.2 Å². The lowest BCUT2D eigenvalue weighted by molar-refractivity contribution is -0.140. The van der Waals surface area contributed by atoms with E-state index in [1.54, 1.807) is 0 Å². The van der Waals surface area contributed by atoms with Gasteiger partial charge in [-0.05, 0) is 39.2 Å². The number of Topliss-reactive ketones (excluding diaryl/α,β-unsaturated/α-hetero) is 1. The number of carbonyl (C=O) groups is 2. The summed E-state index contributed by atoms with van der Waals surface area (Å²) in [6, 6.07) is 0. The summed E-state index contributed by atoms with van der Waals surface area (Å²) in [4.78, 5) is 23.2. The molecular weight excluding hydrogens is 256 g/mol. The van der Waals surface area contributed by atoms with Gasteiger partial charge in [-0.3, -0.25) is 9.59 Å². The molecule has 1 heterocycles. The van der Waals surface area contributed by atoms with Crippen LogP contribution in [0.4, 0.5) is 0 Å². The Hall–Kier alpha value is -1.42. The lowest BCUT2D eigenvalue weighted by Crippen LogP contribution is -2.28. The van der Waals surface area contributed by atoms with E-state index in [9.17, 15) is 9.59 Å². The number of unbranched alkanes of at least 4 members (excludes halogenated alkanes) is 1. The van der Waals surface area contributed by atoms with Crippen molar-refractivity contribution in [3.8, 4) is 0 Å². The highest BCUT2D eigenvalue weighted by Crippen LogP contribution is 2.53. The molecule has 1 aliphatic heterocycles. The molecule has 110 valence electrons. The minimum atomic E-state index is -0.656. The monoisotopic (exact) mass is 278 g/mol. The molecule has 1 saturated heterocycles. The highest BCUT2D eigenvalue weighted by atomic mass is 16.6. The second kappa shape index (κ2) is 5.52. The molecule has 0 amide bonds. The molecule has 0 bridgehead atoms. The minimum Gasteiger partial charge on any atom is -0.469 e. The highest BCUT2D eigenvalue weighted by molar-refractivity contribution is 5.99. The third-order valence-electron chi connectivity index (χ3n) is 4.07. The summed E-state index contributed by atoms with van der Waals surface area (Å²) >= 11 is 0. The van der Waals surface area contributed by atoms with Gasteiger partial charge in [-0.15, -0.1) is 0 Å². The molecule has 0 saturated carbocycles. The van der Waals surface area contributed by atoms with Crippen molar-refractivity contribution in [2.24, 2.45) is 5.92 Å². The van der Waals surface area contributed by atoms with E-state index in [2.05, 4.69) is 4.74 Å². The van der Waals surface area contributed by atoms with E-state index in [0.717, 1.165) is 12.8 Å². The Labute approximate surface area is 119 Å². The second-order valence-corrected chi connectivity index (χ2v) is 5.85. The standard InChI is InChI=1S/C16H22O4/c1-15(2)16(20-15)11-10-12(14(16)18)8-6-4-5-7-9-13(17)19-3/h4,6,10-12H,5,7-9H2,1-3H3/b6-4-. The van der Waals surface area contributed by atoms with Crippen molar-refractivity contribution in [1.82, 2.24) is 0 Å². The van der Waals surface area contributed by atoms with Crippen LogP contribution in [0, 0.1) is 5.92 Å². The Kier molecular flexibility index (Phi) is 4.14. The lowest BCUT2D eigenvalue weighted by atomic mass is 9.90. The zero-order valence-corrected chi connectivity index (χ0v) is 12.3. The number of rotatable bonds is 6. The summed E-state index contributed by atoms with van der Waals surface area (Å²) in [6.45, 7) is 3.89. The van der Waals surface area contributed by atoms with Crippen LogP contribution in [-0.4, -0.2) is 30.1 Å². The average Bonchev–Trinajstić information content (AvgIpc) is 2.84. The van der Waals surface area contributed by atoms with Gasteiger partial charge in [0.2, 0.25) is 0 Å². The minimum absolute atomic E-state index is 0.0753. The smallest absolute Gasteiger partial charge is 0.305 e. The molecule has 1 spiro atoms. The van der Waals surface area contributed by atoms with Crippen LogP contribution in [0.25, 0.3) is 0 Å². The first-order valence-electron chi connectivity index (χ1n) is 7.08. The first-order valence-corrected chi connectivity index (χ1v) is 7.08. The summed E-state index contributed by atoms with van der Waals surface area (Å²) in [5.74, 6) is -0.0855. The third kappa shape index (κ3) is 2.70. The Morgan fingerprint density at radius 1 is 1.45 bits per heavy atom. The zero-order valence-electron chi connectivity index (χ0n) is 12.3. The van der Waals surface area contributed by atoms with Gasteiger partial charge in [0.25, 0.3) is 0 Å². The lowest BCUT2D eigenvalue weighted by Gasteiger charge is -2.07. The van der Waals surface area contributed by atoms with Crippen molar-refractivity contribution in [2.45, 2.75) is 50.7 Å². The van der Waals surface area contributed by atoms with Gasteiger partial charge in [0.05, 0.1) is 7.11 Å². The molecular formula is C16H22O4. The van der Waals surface area contributed by atoms with Crippen LogP contribution in [0.15, 0.2) is 24.3 Å². The molecule has 0 aromatic rings. The second-order valence-electron chi connectivity index (χ2n) is 5.85. The van der Waals surface area contributed by atoms with E-state index in [-0.39, 0.29) is 23.3 Å². The molecule has 4 nitrogen and oxygen atoms in total. The fourth-order valence-corrected chi connectivity index (χ4v) is 2.67. The van der Waals surface area contributed by atoms with Gasteiger partial charge in [0, 0.05) is 12.3 Å². The predicted octanol–water partition coefficient (Wildman–Crippen LogP) is 2.58. The maximum Gasteiger partial charge on any atom is 0.305 e. The first-order chi connectivity index (χ1) is 9.43. The van der Waals surface area contributed by atoms with Crippen molar-refractivity contribution in [3.05, 3.63) is 24.3 Å². The molecule has 1 fully saturated rings. The molecule has 2 aliphatic rings. The normalized spacial score (nSPS) is 30.4. The molecule has 2 unspecified atom stereocenters. The summed E-state index contributed by atoms with van der Waals surface area (Å²) in [5, 5.41) is 0. The van der Waals surface area contributed by atoms with Crippen LogP contribution in [0.1, 0.15) is 39.5 Å². The van der Waals surface area contributed by atoms with E-state index >= 15 is 0 Å². The van der Waals surface area contributed by atoms with Crippen LogP contribution in [0.3, 0.4) is 0 Å². The van der Waals surface area contributed by atoms with Gasteiger partial charge >= 0.3 is 5.97 Å². The van der Waals surface area contributed by atoms with E-state index < -0.39 is 5.60 Å². The topological polar surface area (TPSA) is 55.9 Å². The first kappa shape index (κ1) is 15.0. The third-order valence-corrected chi connectivity index (χ3v) is 4.07. The van der Waals surface area contributed by atoms with Crippen molar-refractivity contribution >= 4 is 11.8 Å². The Balaban J connectivity index is 1.70. The van der Waals surface area contributed by atoms with Crippen LogP contribution >= 0.6 is 0 Å². The van der Waals surface area contributed by atoms with Crippen LogP contribution in [0.2, 0.25) is 0 Å². The number of hydrogen-bond acceptors (Lipinski definition) is 4. The van der Waals surface area contributed by atoms with E-state index in [1.165, 1.54) is 7.11 Å². The number of ketones is 1. The van der Waals surface area contributed by atoms with Gasteiger partial charge < -0.3 is 9.47 Å². The van der Waals surface area contributed by atoms with Crippen molar-refractivity contribution in [3.63, 3.8) is 0 Å². The largest absolute Gasteiger partial charge is 0.469 e. The number of epoxide rings is 1. The van der Waals surface area contributed by atoms with Crippen molar-refractivity contribution < 1.29 is 19.1 Å². The van der Waals surface area contributed by atoms with Crippen LogP contribution in [-0.2, 0) is 19.1 Å². The number of hydrogen-bond donors (Lipinski definition) is 0. The molecule has 1 aliphatic carbocycles. The van der Waals surface area contributed by atoms with Crippen molar-refractivity contribution in [2.75, 3.05) is 7.11 Å². The Bertz CT molecular complexity index is 461. The molecule has 4 heteroatoms. The summed E-state index contributed by atoms with van der Waals surface area (Å²) in [6.07, 6.45) is 10.6. The summed E-state index contributed by atoms with van der Waals surface area (Å²) in [5.41, 5.74) is -1.00. The maximum atomic E-state index is 12.3. The molecule has 2 atom stereocenters. The number of ether oxygens (including phenoxy) is 2. The molecule has 20 heavy (non-hydrogen) atoms. The molecule has 0 radical (unpaired) electrons. The number of carbonyl (C=O) groups excluding carboxylic acids is 2. The number of allylic oxidation sites excluding steroid dienone is 3. The Morgan fingerprint density at radius 2 is 2.15 bits per heavy atom. The van der Waals surface area contributed by atoms with Gasteiger partial charge in [-0.2, -0.15) is 0 Å². The average molecular weight is 278 g/mol. The van der Waals surface area contributed by atoms with Crippen molar-refractivity contribution in [1.29, 1.82) is 0 Å². The molecule has 0 N–H and O–H groups in total. The molecule has 0 aromatic carbocycles. The predicted molar refractivity (Wildman–Crippen MR) is 75.2 cm³/mol. The van der Waals surface area contributed by atoms with Crippen LogP contribution < -0.4 is 0 Å². The van der Waals surface area contributed by atoms with Gasteiger partial charge in [-0.25, -0.2) is 0 Å². The Morgan fingerprint density at radius 3 is 2.70 bits per heavy atom. The van der Waals surface area contributed by atoms with Gasteiger partial charge in [0.15, 0.2) is 11.4 Å². The number of methoxy groups -OCH3 is 1. The van der Waals surface area contributed by atoms with E-state index in [4.69, 9.17) is 4.74 Å². The van der Waals surface area contributed by atoms with E-state index in [0.29, 0.717) is 12.8 Å². The van der Waals surface area contributed by atoms with Crippen LogP contribution in [0.5, 0.6) is 0 Å².